The van der Waals surface area contributed by atoms with Crippen LogP contribution in [0.3, 0.4) is 0 Å². The SMILES string of the molecule is CCCN(CC(=O)N1CCCCCC1)Cc1ccccc1. The molecular formula is C18H28N2O. The van der Waals surface area contributed by atoms with Crippen molar-refractivity contribution in [2.75, 3.05) is 26.2 Å². The molecular weight excluding hydrogens is 260 g/mol. The molecule has 1 aliphatic heterocycles. The van der Waals surface area contributed by atoms with Gasteiger partial charge >= 0.3 is 0 Å². The maximum absolute atomic E-state index is 12.5. The Balaban J connectivity index is 1.90. The normalized spacial score (nSPS) is 16.0. The number of amides is 1. The number of nitrogens with zero attached hydrogens (tertiary/aromatic N) is 2. The third-order valence-corrected chi connectivity index (χ3v) is 4.11. The van der Waals surface area contributed by atoms with Crippen molar-refractivity contribution in [2.45, 2.75) is 45.6 Å². The first-order valence-corrected chi connectivity index (χ1v) is 8.33. The monoisotopic (exact) mass is 288 g/mol. The number of rotatable bonds is 6. The van der Waals surface area contributed by atoms with Crippen molar-refractivity contribution in [1.29, 1.82) is 0 Å². The Labute approximate surface area is 128 Å². The molecule has 0 radical (unpaired) electrons. The number of hydrogen-bond acceptors (Lipinski definition) is 2. The van der Waals surface area contributed by atoms with E-state index in [2.05, 4.69) is 41.0 Å². The molecule has 3 nitrogen and oxygen atoms in total. The Hall–Kier alpha value is -1.35. The highest BCUT2D eigenvalue weighted by molar-refractivity contribution is 5.78. The van der Waals surface area contributed by atoms with Crippen LogP contribution in [0.25, 0.3) is 0 Å². The Kier molecular flexibility index (Phi) is 6.74. The second kappa shape index (κ2) is 8.83. The average molecular weight is 288 g/mol. The standard InChI is InChI=1S/C18H28N2O/c1-2-12-19(15-17-10-6-5-7-11-17)16-18(21)20-13-8-3-4-9-14-20/h5-7,10-11H,2-4,8-9,12-16H2,1H3. The van der Waals surface area contributed by atoms with E-state index in [0.717, 1.165) is 45.4 Å². The highest BCUT2D eigenvalue weighted by atomic mass is 16.2. The molecule has 3 heteroatoms. The second-order valence-corrected chi connectivity index (χ2v) is 5.99. The van der Waals surface area contributed by atoms with Crippen LogP contribution < -0.4 is 0 Å². The fraction of sp³-hybridized carbons (Fsp3) is 0.611. The topological polar surface area (TPSA) is 23.6 Å². The molecule has 0 saturated carbocycles. The fourth-order valence-electron chi connectivity index (χ4n) is 2.98. The summed E-state index contributed by atoms with van der Waals surface area (Å²) >= 11 is 0. The molecule has 0 bridgehead atoms. The van der Waals surface area contributed by atoms with Gasteiger partial charge in [-0.3, -0.25) is 9.69 Å². The zero-order chi connectivity index (χ0) is 14.9. The molecule has 1 aliphatic rings. The maximum Gasteiger partial charge on any atom is 0.236 e. The van der Waals surface area contributed by atoms with E-state index in [-0.39, 0.29) is 0 Å². The number of carbonyl (C=O) groups excluding carboxylic acids is 1. The van der Waals surface area contributed by atoms with Crippen LogP contribution in [0.5, 0.6) is 0 Å². The average Bonchev–Trinajstić information content (AvgIpc) is 2.77. The van der Waals surface area contributed by atoms with E-state index in [9.17, 15) is 4.79 Å². The molecule has 1 amide bonds. The van der Waals surface area contributed by atoms with Gasteiger partial charge in [-0.1, -0.05) is 50.1 Å². The first kappa shape index (κ1) is 16.0. The predicted molar refractivity (Wildman–Crippen MR) is 87.1 cm³/mol. The number of hydrogen-bond donors (Lipinski definition) is 0. The van der Waals surface area contributed by atoms with E-state index in [4.69, 9.17) is 0 Å². The van der Waals surface area contributed by atoms with Gasteiger partial charge in [-0.25, -0.2) is 0 Å². The molecule has 0 N–H and O–H groups in total. The smallest absolute Gasteiger partial charge is 0.236 e. The summed E-state index contributed by atoms with van der Waals surface area (Å²) in [5.41, 5.74) is 1.29. The van der Waals surface area contributed by atoms with Crippen molar-refractivity contribution >= 4 is 5.91 Å². The number of carbonyl (C=O) groups is 1. The first-order chi connectivity index (χ1) is 10.3. The molecule has 1 heterocycles. The molecule has 1 saturated heterocycles. The summed E-state index contributed by atoms with van der Waals surface area (Å²) in [6.07, 6.45) is 5.95. The Morgan fingerprint density at radius 2 is 1.76 bits per heavy atom. The summed E-state index contributed by atoms with van der Waals surface area (Å²) in [6.45, 7) is 6.48. The van der Waals surface area contributed by atoms with Gasteiger partial charge in [0, 0.05) is 19.6 Å². The molecule has 1 aromatic carbocycles. The van der Waals surface area contributed by atoms with Crippen LogP contribution in [0.4, 0.5) is 0 Å². The van der Waals surface area contributed by atoms with Crippen molar-refractivity contribution in [3.05, 3.63) is 35.9 Å². The summed E-state index contributed by atoms with van der Waals surface area (Å²) in [5.74, 6) is 0.307. The van der Waals surface area contributed by atoms with E-state index < -0.39 is 0 Å². The summed E-state index contributed by atoms with van der Waals surface area (Å²) in [4.78, 5) is 16.9. The summed E-state index contributed by atoms with van der Waals surface area (Å²) < 4.78 is 0. The quantitative estimate of drug-likeness (QED) is 0.802. The molecule has 116 valence electrons. The lowest BCUT2D eigenvalue weighted by Gasteiger charge is -2.26. The van der Waals surface area contributed by atoms with E-state index in [0.29, 0.717) is 12.5 Å². The Morgan fingerprint density at radius 1 is 1.10 bits per heavy atom. The van der Waals surface area contributed by atoms with Crippen molar-refractivity contribution in [2.24, 2.45) is 0 Å². The number of likely N-dealkylation sites (tertiary alicyclic amines) is 1. The van der Waals surface area contributed by atoms with Crippen LogP contribution in [0.2, 0.25) is 0 Å². The zero-order valence-electron chi connectivity index (χ0n) is 13.3. The minimum atomic E-state index is 0.307. The first-order valence-electron chi connectivity index (χ1n) is 8.33. The van der Waals surface area contributed by atoms with Crippen LogP contribution >= 0.6 is 0 Å². The van der Waals surface area contributed by atoms with Gasteiger partial charge in [-0.15, -0.1) is 0 Å². The predicted octanol–water partition coefficient (Wildman–Crippen LogP) is 3.30. The lowest BCUT2D eigenvalue weighted by atomic mass is 10.2. The van der Waals surface area contributed by atoms with E-state index in [1.807, 2.05) is 6.07 Å². The molecule has 0 spiro atoms. The number of benzene rings is 1. The Bertz CT molecular complexity index is 410. The van der Waals surface area contributed by atoms with Gasteiger partial charge in [0.2, 0.25) is 5.91 Å². The minimum Gasteiger partial charge on any atom is -0.342 e. The summed E-state index contributed by atoms with van der Waals surface area (Å²) in [6, 6.07) is 10.4. The van der Waals surface area contributed by atoms with Gasteiger partial charge in [0.25, 0.3) is 0 Å². The van der Waals surface area contributed by atoms with Crippen molar-refractivity contribution in [3.8, 4) is 0 Å². The lowest BCUT2D eigenvalue weighted by molar-refractivity contribution is -0.132. The zero-order valence-corrected chi connectivity index (χ0v) is 13.3. The molecule has 0 aromatic heterocycles. The molecule has 1 fully saturated rings. The lowest BCUT2D eigenvalue weighted by Crippen LogP contribution is -2.40. The van der Waals surface area contributed by atoms with Crippen molar-refractivity contribution in [1.82, 2.24) is 9.80 Å². The molecule has 0 unspecified atom stereocenters. The highest BCUT2D eigenvalue weighted by Crippen LogP contribution is 2.11. The molecule has 1 aromatic rings. The van der Waals surface area contributed by atoms with Gasteiger partial charge in [0.15, 0.2) is 0 Å². The van der Waals surface area contributed by atoms with Crippen LogP contribution in [-0.4, -0.2) is 41.9 Å². The van der Waals surface area contributed by atoms with Crippen molar-refractivity contribution in [3.63, 3.8) is 0 Å². The minimum absolute atomic E-state index is 0.307. The highest BCUT2D eigenvalue weighted by Gasteiger charge is 2.18. The second-order valence-electron chi connectivity index (χ2n) is 5.99. The van der Waals surface area contributed by atoms with Gasteiger partial charge < -0.3 is 4.90 Å². The van der Waals surface area contributed by atoms with Crippen molar-refractivity contribution < 1.29 is 4.79 Å². The van der Waals surface area contributed by atoms with Gasteiger partial charge in [-0.05, 0) is 31.4 Å². The van der Waals surface area contributed by atoms with Crippen LogP contribution in [0, 0.1) is 0 Å². The summed E-state index contributed by atoms with van der Waals surface area (Å²) in [5, 5.41) is 0. The van der Waals surface area contributed by atoms with Gasteiger partial charge in [0.05, 0.1) is 6.54 Å². The molecule has 0 aliphatic carbocycles. The molecule has 2 rings (SSSR count). The summed E-state index contributed by atoms with van der Waals surface area (Å²) in [7, 11) is 0. The van der Waals surface area contributed by atoms with Crippen LogP contribution in [-0.2, 0) is 11.3 Å². The van der Waals surface area contributed by atoms with E-state index in [1.54, 1.807) is 0 Å². The fourth-order valence-corrected chi connectivity index (χ4v) is 2.98. The van der Waals surface area contributed by atoms with Gasteiger partial charge in [0.1, 0.15) is 0 Å². The van der Waals surface area contributed by atoms with Crippen LogP contribution in [0.1, 0.15) is 44.6 Å². The maximum atomic E-state index is 12.5. The largest absolute Gasteiger partial charge is 0.342 e. The molecule has 0 atom stereocenters. The Morgan fingerprint density at radius 3 is 2.38 bits per heavy atom. The van der Waals surface area contributed by atoms with Crippen LogP contribution in [0.15, 0.2) is 30.3 Å². The third-order valence-electron chi connectivity index (χ3n) is 4.11. The van der Waals surface area contributed by atoms with E-state index >= 15 is 0 Å². The third kappa shape index (κ3) is 5.50. The van der Waals surface area contributed by atoms with E-state index in [1.165, 1.54) is 18.4 Å². The van der Waals surface area contributed by atoms with Gasteiger partial charge in [-0.2, -0.15) is 0 Å². The molecule has 21 heavy (non-hydrogen) atoms.